The van der Waals surface area contributed by atoms with Gasteiger partial charge in [0.2, 0.25) is 0 Å². The third-order valence-electron chi connectivity index (χ3n) is 5.48. The molecule has 1 fully saturated rings. The Morgan fingerprint density at radius 3 is 2.15 bits per heavy atom. The van der Waals surface area contributed by atoms with E-state index in [1.165, 1.54) is 16.7 Å². The molecule has 1 aliphatic rings. The molecule has 144 valence electrons. The fourth-order valence-electron chi connectivity index (χ4n) is 3.63. The fourth-order valence-corrected chi connectivity index (χ4v) is 4.41. The normalized spacial score (nSPS) is 15.7. The topological polar surface area (TPSA) is 29.5 Å². The standard InChI is InChI=1S/C22H29NO2P2/c1-22(2,23-9-11-25-12-10-23)21(24)17-5-3-16(4-6-17)18-7-8-19(14-26)20(13-18)15-27/h3-8,13H,9-12,14-15,26-27H2,1-2H3. The average Bonchev–Trinajstić information content (AvgIpc) is 2.73. The minimum absolute atomic E-state index is 0.167. The molecule has 27 heavy (non-hydrogen) atoms. The molecule has 0 radical (unpaired) electrons. The summed E-state index contributed by atoms with van der Waals surface area (Å²) in [5.74, 6) is 0.167. The van der Waals surface area contributed by atoms with Crippen LogP contribution in [-0.2, 0) is 17.1 Å². The monoisotopic (exact) mass is 401 g/mol. The van der Waals surface area contributed by atoms with Gasteiger partial charge in [0.25, 0.3) is 0 Å². The number of benzene rings is 2. The quantitative estimate of drug-likeness (QED) is 0.531. The number of Topliss-reactive ketones (excluding diaryl/α,β-unsaturated/α-hetero) is 1. The second-order valence-corrected chi connectivity index (χ2v) is 8.27. The van der Waals surface area contributed by atoms with E-state index in [4.69, 9.17) is 4.74 Å². The first-order valence-corrected chi connectivity index (χ1v) is 11.1. The lowest BCUT2D eigenvalue weighted by molar-refractivity contribution is -0.00429. The molecule has 2 unspecified atom stereocenters. The number of carbonyl (C=O) groups excluding carboxylic acids is 1. The minimum atomic E-state index is -0.516. The van der Waals surface area contributed by atoms with Crippen LogP contribution in [0.1, 0.15) is 35.3 Å². The Morgan fingerprint density at radius 1 is 0.963 bits per heavy atom. The Morgan fingerprint density at radius 2 is 1.56 bits per heavy atom. The van der Waals surface area contributed by atoms with Gasteiger partial charge in [0.1, 0.15) is 0 Å². The zero-order chi connectivity index (χ0) is 19.4. The van der Waals surface area contributed by atoms with Crippen molar-refractivity contribution < 1.29 is 9.53 Å². The Bertz CT molecular complexity index is 796. The van der Waals surface area contributed by atoms with E-state index in [0.29, 0.717) is 13.2 Å². The number of hydrogen-bond donors (Lipinski definition) is 0. The molecule has 0 saturated carbocycles. The second kappa shape index (κ2) is 8.93. The van der Waals surface area contributed by atoms with Gasteiger partial charge in [0.05, 0.1) is 18.8 Å². The van der Waals surface area contributed by atoms with Gasteiger partial charge >= 0.3 is 0 Å². The predicted octanol–water partition coefficient (Wildman–Crippen LogP) is 4.40. The van der Waals surface area contributed by atoms with Gasteiger partial charge in [-0.2, -0.15) is 0 Å². The summed E-state index contributed by atoms with van der Waals surface area (Å²) < 4.78 is 5.42. The Hall–Kier alpha value is -1.11. The highest BCUT2D eigenvalue weighted by molar-refractivity contribution is 7.16. The lowest BCUT2D eigenvalue weighted by Crippen LogP contribution is -2.54. The molecule has 1 saturated heterocycles. The number of hydrogen-bond acceptors (Lipinski definition) is 3. The van der Waals surface area contributed by atoms with E-state index >= 15 is 0 Å². The first kappa shape index (κ1) is 20.6. The van der Waals surface area contributed by atoms with Crippen molar-refractivity contribution in [3.63, 3.8) is 0 Å². The summed E-state index contributed by atoms with van der Waals surface area (Å²) in [7, 11) is 5.60. The Labute approximate surface area is 167 Å². The van der Waals surface area contributed by atoms with Crippen LogP contribution < -0.4 is 0 Å². The van der Waals surface area contributed by atoms with Crippen molar-refractivity contribution in [2.75, 3.05) is 26.3 Å². The van der Waals surface area contributed by atoms with E-state index < -0.39 is 5.54 Å². The van der Waals surface area contributed by atoms with Crippen LogP contribution in [0.4, 0.5) is 0 Å². The van der Waals surface area contributed by atoms with E-state index in [1.54, 1.807) is 0 Å². The molecule has 0 spiro atoms. The molecule has 3 rings (SSSR count). The fraction of sp³-hybridized carbons (Fsp3) is 0.409. The van der Waals surface area contributed by atoms with Crippen molar-refractivity contribution in [2.24, 2.45) is 0 Å². The molecule has 0 aromatic heterocycles. The first-order chi connectivity index (χ1) is 13.0. The van der Waals surface area contributed by atoms with Crippen molar-refractivity contribution in [1.29, 1.82) is 0 Å². The molecule has 0 bridgehead atoms. The van der Waals surface area contributed by atoms with Crippen LogP contribution in [0.5, 0.6) is 0 Å². The van der Waals surface area contributed by atoms with E-state index in [9.17, 15) is 4.79 Å². The smallest absolute Gasteiger partial charge is 0.182 e. The molecule has 3 nitrogen and oxygen atoms in total. The number of morpholine rings is 1. The van der Waals surface area contributed by atoms with E-state index in [1.807, 2.05) is 26.0 Å². The van der Waals surface area contributed by atoms with Gasteiger partial charge in [-0.25, -0.2) is 0 Å². The van der Waals surface area contributed by atoms with Crippen LogP contribution in [0.3, 0.4) is 0 Å². The molecule has 5 heteroatoms. The summed E-state index contributed by atoms with van der Waals surface area (Å²) in [6.07, 6.45) is 1.91. The highest BCUT2D eigenvalue weighted by Gasteiger charge is 2.35. The molecule has 0 amide bonds. The Balaban J connectivity index is 1.81. The van der Waals surface area contributed by atoms with Crippen LogP contribution >= 0.6 is 18.5 Å². The van der Waals surface area contributed by atoms with E-state index in [-0.39, 0.29) is 5.78 Å². The van der Waals surface area contributed by atoms with Crippen molar-refractivity contribution >= 4 is 24.3 Å². The summed E-state index contributed by atoms with van der Waals surface area (Å²) in [5, 5.41) is 0. The highest BCUT2D eigenvalue weighted by Crippen LogP contribution is 2.27. The summed E-state index contributed by atoms with van der Waals surface area (Å²) >= 11 is 0. The maximum absolute atomic E-state index is 13.1. The minimum Gasteiger partial charge on any atom is -0.379 e. The molecule has 1 heterocycles. The van der Waals surface area contributed by atoms with Crippen molar-refractivity contribution in [3.8, 4) is 11.1 Å². The second-order valence-electron chi connectivity index (χ2n) is 7.46. The van der Waals surface area contributed by atoms with Gasteiger partial charge < -0.3 is 4.74 Å². The van der Waals surface area contributed by atoms with Gasteiger partial charge in [0.15, 0.2) is 5.78 Å². The number of rotatable bonds is 6. The SMILES string of the molecule is CC(C)(C(=O)c1ccc(-c2ccc(CP)c(CP)c2)cc1)N1CCOCC1. The molecule has 2 aromatic rings. The number of nitrogens with zero attached hydrogens (tertiary/aromatic N) is 1. The van der Waals surface area contributed by atoms with Crippen LogP contribution in [0.15, 0.2) is 42.5 Å². The van der Waals surface area contributed by atoms with Crippen LogP contribution in [-0.4, -0.2) is 42.5 Å². The summed E-state index contributed by atoms with van der Waals surface area (Å²) in [6.45, 7) is 7.02. The van der Waals surface area contributed by atoms with Gasteiger partial charge in [0, 0.05) is 18.7 Å². The molecule has 1 aliphatic heterocycles. The van der Waals surface area contributed by atoms with Gasteiger partial charge in [-0.1, -0.05) is 42.5 Å². The summed E-state index contributed by atoms with van der Waals surface area (Å²) in [4.78, 5) is 15.3. The van der Waals surface area contributed by atoms with Crippen LogP contribution in [0.25, 0.3) is 11.1 Å². The van der Waals surface area contributed by atoms with Crippen molar-refractivity contribution in [3.05, 3.63) is 59.2 Å². The average molecular weight is 401 g/mol. The summed E-state index contributed by atoms with van der Waals surface area (Å²) in [6, 6.07) is 14.7. The molecule has 2 aromatic carbocycles. The third-order valence-corrected chi connectivity index (χ3v) is 6.36. The third kappa shape index (κ3) is 4.49. The maximum Gasteiger partial charge on any atom is 0.182 e. The number of carbonyl (C=O) groups is 1. The Kier molecular flexibility index (Phi) is 6.82. The number of ketones is 1. The largest absolute Gasteiger partial charge is 0.379 e. The van der Waals surface area contributed by atoms with Crippen molar-refractivity contribution in [2.45, 2.75) is 31.7 Å². The maximum atomic E-state index is 13.1. The zero-order valence-electron chi connectivity index (χ0n) is 16.2. The highest BCUT2D eigenvalue weighted by atomic mass is 31.0. The van der Waals surface area contributed by atoms with Crippen LogP contribution in [0.2, 0.25) is 0 Å². The van der Waals surface area contributed by atoms with Gasteiger partial charge in [-0.3, -0.25) is 9.69 Å². The van der Waals surface area contributed by atoms with E-state index in [0.717, 1.165) is 36.5 Å². The molecule has 2 atom stereocenters. The van der Waals surface area contributed by atoms with Crippen LogP contribution in [0, 0.1) is 0 Å². The van der Waals surface area contributed by atoms with E-state index in [2.05, 4.69) is 53.7 Å². The summed E-state index contributed by atoms with van der Waals surface area (Å²) in [5.41, 5.74) is 5.30. The first-order valence-electron chi connectivity index (χ1n) is 9.47. The van der Waals surface area contributed by atoms with Crippen molar-refractivity contribution in [1.82, 2.24) is 4.90 Å². The zero-order valence-corrected chi connectivity index (χ0v) is 18.5. The predicted molar refractivity (Wildman–Crippen MR) is 120 cm³/mol. The molecular weight excluding hydrogens is 372 g/mol. The van der Waals surface area contributed by atoms with Gasteiger partial charge in [-0.15, -0.1) is 18.5 Å². The molecule has 0 N–H and O–H groups in total. The lowest BCUT2D eigenvalue weighted by atomic mass is 9.90. The van der Waals surface area contributed by atoms with Gasteiger partial charge in [-0.05, 0) is 48.4 Å². The number of ether oxygens (including phenoxy) is 1. The lowest BCUT2D eigenvalue weighted by Gasteiger charge is -2.39. The molecule has 0 aliphatic carbocycles. The molecular formula is C22H29NO2P2.